The molecule has 0 saturated heterocycles. The lowest BCUT2D eigenvalue weighted by Gasteiger charge is -2.18. The van der Waals surface area contributed by atoms with E-state index in [4.69, 9.17) is 14.7 Å². The van der Waals surface area contributed by atoms with Gasteiger partial charge < -0.3 is 20.0 Å². The SMILES string of the molecule is Cc1nc(/C=N/O)cc(C(=O)NCc2ccc3c(c2)OCCO3)n1. The number of benzene rings is 1. The fraction of sp³-hybridized carbons (Fsp3) is 0.250. The molecule has 0 unspecified atom stereocenters. The van der Waals surface area contributed by atoms with Crippen LogP contribution < -0.4 is 14.8 Å². The van der Waals surface area contributed by atoms with Gasteiger partial charge in [-0.25, -0.2) is 9.97 Å². The van der Waals surface area contributed by atoms with Crippen LogP contribution in [0.15, 0.2) is 29.4 Å². The summed E-state index contributed by atoms with van der Waals surface area (Å²) < 4.78 is 11.0. The van der Waals surface area contributed by atoms with Gasteiger partial charge >= 0.3 is 0 Å². The Labute approximate surface area is 138 Å². The van der Waals surface area contributed by atoms with E-state index in [1.165, 1.54) is 6.07 Å². The summed E-state index contributed by atoms with van der Waals surface area (Å²) in [6, 6.07) is 6.97. The van der Waals surface area contributed by atoms with Crippen LogP contribution in [0.1, 0.15) is 27.6 Å². The monoisotopic (exact) mass is 328 g/mol. The van der Waals surface area contributed by atoms with Gasteiger partial charge in [-0.15, -0.1) is 0 Å². The molecular formula is C16H16N4O4. The fourth-order valence-corrected chi connectivity index (χ4v) is 2.30. The van der Waals surface area contributed by atoms with Gasteiger partial charge in [0.25, 0.3) is 5.91 Å². The minimum atomic E-state index is -0.344. The zero-order valence-electron chi connectivity index (χ0n) is 13.0. The van der Waals surface area contributed by atoms with Crippen molar-refractivity contribution in [2.45, 2.75) is 13.5 Å². The number of hydrogen-bond acceptors (Lipinski definition) is 7. The maximum absolute atomic E-state index is 12.3. The Kier molecular flexibility index (Phi) is 4.55. The molecule has 1 aromatic carbocycles. The number of carbonyl (C=O) groups excluding carboxylic acids is 1. The summed E-state index contributed by atoms with van der Waals surface area (Å²) in [5, 5.41) is 14.3. The third-order valence-electron chi connectivity index (χ3n) is 3.34. The van der Waals surface area contributed by atoms with E-state index in [9.17, 15) is 4.79 Å². The van der Waals surface area contributed by atoms with Crippen LogP contribution in [0, 0.1) is 6.92 Å². The molecule has 8 nitrogen and oxygen atoms in total. The van der Waals surface area contributed by atoms with Gasteiger partial charge in [0, 0.05) is 6.54 Å². The number of nitrogens with one attached hydrogen (secondary N) is 1. The average Bonchev–Trinajstić information content (AvgIpc) is 2.59. The first-order chi connectivity index (χ1) is 11.7. The molecule has 1 aliphatic heterocycles. The van der Waals surface area contributed by atoms with E-state index in [-0.39, 0.29) is 11.6 Å². The van der Waals surface area contributed by atoms with E-state index in [1.807, 2.05) is 18.2 Å². The second-order valence-electron chi connectivity index (χ2n) is 5.13. The van der Waals surface area contributed by atoms with E-state index >= 15 is 0 Å². The van der Waals surface area contributed by atoms with Gasteiger partial charge in [0.05, 0.1) is 11.9 Å². The molecule has 0 aliphatic carbocycles. The molecule has 124 valence electrons. The van der Waals surface area contributed by atoms with Gasteiger partial charge in [0.1, 0.15) is 24.7 Å². The molecule has 0 atom stereocenters. The highest BCUT2D eigenvalue weighted by Crippen LogP contribution is 2.30. The largest absolute Gasteiger partial charge is 0.486 e. The predicted molar refractivity (Wildman–Crippen MR) is 84.8 cm³/mol. The smallest absolute Gasteiger partial charge is 0.270 e. The van der Waals surface area contributed by atoms with Crippen LogP contribution in [-0.2, 0) is 6.54 Å². The number of aryl methyl sites for hydroxylation is 1. The van der Waals surface area contributed by atoms with Crippen LogP contribution in [0.3, 0.4) is 0 Å². The van der Waals surface area contributed by atoms with Gasteiger partial charge in [-0.3, -0.25) is 4.79 Å². The predicted octanol–water partition coefficient (Wildman–Crippen LogP) is 1.29. The molecule has 1 amide bonds. The Morgan fingerprint density at radius 1 is 1.29 bits per heavy atom. The van der Waals surface area contributed by atoms with Crippen LogP contribution in [0.5, 0.6) is 11.5 Å². The summed E-state index contributed by atoms with van der Waals surface area (Å²) >= 11 is 0. The number of rotatable bonds is 4. The lowest BCUT2D eigenvalue weighted by molar-refractivity contribution is 0.0945. The second-order valence-corrected chi connectivity index (χ2v) is 5.13. The molecule has 2 heterocycles. The van der Waals surface area contributed by atoms with Crippen LogP contribution in [0.25, 0.3) is 0 Å². The average molecular weight is 328 g/mol. The van der Waals surface area contributed by atoms with E-state index in [0.717, 1.165) is 11.8 Å². The molecule has 1 aromatic heterocycles. The zero-order valence-corrected chi connectivity index (χ0v) is 13.0. The molecular weight excluding hydrogens is 312 g/mol. The van der Waals surface area contributed by atoms with Crippen LogP contribution in [0.2, 0.25) is 0 Å². The van der Waals surface area contributed by atoms with Crippen molar-refractivity contribution in [3.05, 3.63) is 47.0 Å². The van der Waals surface area contributed by atoms with Crippen LogP contribution in [-0.4, -0.2) is 40.5 Å². The lowest BCUT2D eigenvalue weighted by atomic mass is 10.2. The summed E-state index contributed by atoms with van der Waals surface area (Å²) in [7, 11) is 0. The van der Waals surface area contributed by atoms with Crippen LogP contribution in [0.4, 0.5) is 0 Å². The van der Waals surface area contributed by atoms with Gasteiger partial charge in [-0.2, -0.15) is 0 Å². The van der Waals surface area contributed by atoms with Crippen molar-refractivity contribution in [1.29, 1.82) is 0 Å². The number of hydrogen-bond donors (Lipinski definition) is 2. The lowest BCUT2D eigenvalue weighted by Crippen LogP contribution is -2.24. The molecule has 2 aromatic rings. The maximum atomic E-state index is 12.3. The zero-order chi connectivity index (χ0) is 16.9. The molecule has 2 N–H and O–H groups in total. The summed E-state index contributed by atoms with van der Waals surface area (Å²) in [5.41, 5.74) is 1.44. The van der Waals surface area contributed by atoms with Gasteiger partial charge in [0.15, 0.2) is 11.5 Å². The van der Waals surface area contributed by atoms with Crippen molar-refractivity contribution < 1.29 is 19.5 Å². The summed E-state index contributed by atoms with van der Waals surface area (Å²) in [5.74, 6) is 1.45. The second kappa shape index (κ2) is 6.95. The van der Waals surface area contributed by atoms with Crippen molar-refractivity contribution in [3.63, 3.8) is 0 Å². The Bertz CT molecular complexity index is 792. The first kappa shape index (κ1) is 15.7. The Hall–Kier alpha value is -3.16. The standard InChI is InChI=1S/C16H16N4O4/c1-10-19-12(9-18-22)7-13(20-10)16(21)17-8-11-2-3-14-15(6-11)24-5-4-23-14/h2-3,6-7,9,22H,4-5,8H2,1H3,(H,17,21)/b18-9+. The fourth-order valence-electron chi connectivity index (χ4n) is 2.30. The normalized spacial score (nSPS) is 13.0. The number of fused-ring (bicyclic) bond motifs is 1. The van der Waals surface area contributed by atoms with E-state index < -0.39 is 0 Å². The van der Waals surface area contributed by atoms with E-state index in [1.54, 1.807) is 6.92 Å². The molecule has 1 aliphatic rings. The summed E-state index contributed by atoms with van der Waals surface area (Å²) in [6.07, 6.45) is 1.15. The highest BCUT2D eigenvalue weighted by Gasteiger charge is 2.13. The first-order valence-corrected chi connectivity index (χ1v) is 7.35. The highest BCUT2D eigenvalue weighted by molar-refractivity contribution is 5.93. The number of oxime groups is 1. The highest BCUT2D eigenvalue weighted by atomic mass is 16.6. The molecule has 8 heteroatoms. The maximum Gasteiger partial charge on any atom is 0.270 e. The van der Waals surface area contributed by atoms with Crippen molar-refractivity contribution in [2.75, 3.05) is 13.2 Å². The van der Waals surface area contributed by atoms with Crippen molar-refractivity contribution in [3.8, 4) is 11.5 Å². The molecule has 0 spiro atoms. The topological polar surface area (TPSA) is 106 Å². The Morgan fingerprint density at radius 2 is 2.08 bits per heavy atom. The number of carbonyl (C=O) groups is 1. The molecule has 0 saturated carbocycles. The Balaban J connectivity index is 1.69. The summed E-state index contributed by atoms with van der Waals surface area (Å²) in [6.45, 7) is 3.03. The van der Waals surface area contributed by atoms with E-state index in [0.29, 0.717) is 42.8 Å². The van der Waals surface area contributed by atoms with Crippen molar-refractivity contribution in [2.24, 2.45) is 5.16 Å². The van der Waals surface area contributed by atoms with Gasteiger partial charge in [0.2, 0.25) is 0 Å². The Morgan fingerprint density at radius 3 is 2.88 bits per heavy atom. The third kappa shape index (κ3) is 3.60. The minimum Gasteiger partial charge on any atom is -0.486 e. The number of aromatic nitrogens is 2. The number of ether oxygens (including phenoxy) is 2. The third-order valence-corrected chi connectivity index (χ3v) is 3.34. The number of amides is 1. The molecule has 0 radical (unpaired) electrons. The molecule has 24 heavy (non-hydrogen) atoms. The van der Waals surface area contributed by atoms with E-state index in [2.05, 4.69) is 20.4 Å². The quantitative estimate of drug-likeness (QED) is 0.498. The molecule has 0 bridgehead atoms. The van der Waals surface area contributed by atoms with Gasteiger partial charge in [-0.05, 0) is 30.7 Å². The van der Waals surface area contributed by atoms with Crippen molar-refractivity contribution in [1.82, 2.24) is 15.3 Å². The minimum absolute atomic E-state index is 0.204. The number of nitrogens with zero attached hydrogens (tertiary/aromatic N) is 3. The molecule has 3 rings (SSSR count). The first-order valence-electron chi connectivity index (χ1n) is 7.35. The van der Waals surface area contributed by atoms with Gasteiger partial charge in [-0.1, -0.05) is 11.2 Å². The summed E-state index contributed by atoms with van der Waals surface area (Å²) in [4.78, 5) is 20.4. The van der Waals surface area contributed by atoms with Crippen LogP contribution >= 0.6 is 0 Å². The van der Waals surface area contributed by atoms with Crippen molar-refractivity contribution >= 4 is 12.1 Å². The molecule has 0 fully saturated rings.